The van der Waals surface area contributed by atoms with Gasteiger partial charge in [-0.1, -0.05) is 45.6 Å². The second-order valence-electron chi connectivity index (χ2n) is 7.43. The topological polar surface area (TPSA) is 59.0 Å². The van der Waals surface area contributed by atoms with Crippen LogP contribution in [0.25, 0.3) is 0 Å². The first-order chi connectivity index (χ1) is 10.6. The van der Waals surface area contributed by atoms with Crippen molar-refractivity contribution in [2.75, 3.05) is 19.8 Å². The third-order valence-corrected chi connectivity index (χ3v) is 9.13. The highest BCUT2D eigenvalue weighted by molar-refractivity contribution is 6.74. The van der Waals surface area contributed by atoms with Gasteiger partial charge < -0.3 is 14.3 Å². The fourth-order valence-electron chi connectivity index (χ4n) is 2.33. The zero-order valence-corrected chi connectivity index (χ0v) is 16.0. The predicted molar refractivity (Wildman–Crippen MR) is 95.0 cm³/mol. The highest BCUT2D eigenvalue weighted by atomic mass is 28.4. The van der Waals surface area contributed by atoms with Crippen LogP contribution in [0.1, 0.15) is 27.2 Å². The second kappa shape index (κ2) is 8.12. The van der Waals surface area contributed by atoms with Gasteiger partial charge in [0.1, 0.15) is 6.61 Å². The van der Waals surface area contributed by atoms with E-state index in [0.29, 0.717) is 6.54 Å². The summed E-state index contributed by atoms with van der Waals surface area (Å²) in [4.78, 5) is 13.9. The molecule has 1 saturated heterocycles. The van der Waals surface area contributed by atoms with Crippen LogP contribution >= 0.6 is 0 Å². The Balaban J connectivity index is 2.81. The van der Waals surface area contributed by atoms with Gasteiger partial charge in [0.05, 0.1) is 18.8 Å². The van der Waals surface area contributed by atoms with Crippen molar-refractivity contribution in [3.05, 3.63) is 24.8 Å². The van der Waals surface area contributed by atoms with Gasteiger partial charge in [0.15, 0.2) is 8.32 Å². The number of aliphatic hydroxyl groups is 1. The number of hydrogen-bond acceptors (Lipinski definition) is 4. The molecular weight excluding hydrogens is 310 g/mol. The van der Waals surface area contributed by atoms with E-state index >= 15 is 0 Å². The van der Waals surface area contributed by atoms with Crippen molar-refractivity contribution in [2.24, 2.45) is 0 Å². The van der Waals surface area contributed by atoms with E-state index in [2.05, 4.69) is 40.4 Å². The molecule has 0 aromatic rings. The van der Waals surface area contributed by atoms with Crippen LogP contribution in [-0.4, -0.2) is 56.3 Å². The molecule has 0 unspecified atom stereocenters. The van der Waals surface area contributed by atoms with Crippen LogP contribution in [-0.2, 0) is 9.16 Å². The Bertz CT molecular complexity index is 442. The summed E-state index contributed by atoms with van der Waals surface area (Å²) in [5, 5.41) is 9.12. The van der Waals surface area contributed by atoms with Gasteiger partial charge in [-0.25, -0.2) is 4.79 Å². The minimum atomic E-state index is -1.89. The summed E-state index contributed by atoms with van der Waals surface area (Å²) in [7, 11) is -1.89. The molecule has 6 heteroatoms. The highest BCUT2D eigenvalue weighted by Gasteiger charge is 2.43. The Morgan fingerprint density at radius 2 is 2.09 bits per heavy atom. The predicted octanol–water partition coefficient (Wildman–Crippen LogP) is 3.32. The van der Waals surface area contributed by atoms with Crippen molar-refractivity contribution < 1.29 is 19.1 Å². The standard InChI is InChI=1S/C17H31NO4Si/c1-7-11-21-16(20)18-13-15(12-14(18)9-8-10-19)22-23(5,6)17(2,3)4/h7-9,14-15,19H,1,10-13H2,2-6H3/b9-8-/t14-,15-/m1/s1. The summed E-state index contributed by atoms with van der Waals surface area (Å²) < 4.78 is 11.6. The van der Waals surface area contributed by atoms with E-state index in [-0.39, 0.29) is 36.5 Å². The highest BCUT2D eigenvalue weighted by Crippen LogP contribution is 2.39. The molecule has 1 amide bonds. The van der Waals surface area contributed by atoms with Crippen LogP contribution in [0.5, 0.6) is 0 Å². The molecule has 1 rings (SSSR count). The Kier molecular flexibility index (Phi) is 7.04. The molecule has 5 nitrogen and oxygen atoms in total. The molecular formula is C17H31NO4Si. The second-order valence-corrected chi connectivity index (χ2v) is 12.2. The minimum Gasteiger partial charge on any atom is -0.445 e. The largest absolute Gasteiger partial charge is 0.445 e. The maximum Gasteiger partial charge on any atom is 0.410 e. The van der Waals surface area contributed by atoms with Crippen LogP contribution in [0.3, 0.4) is 0 Å². The van der Waals surface area contributed by atoms with Gasteiger partial charge in [0.2, 0.25) is 0 Å². The van der Waals surface area contributed by atoms with Crippen molar-refractivity contribution in [2.45, 2.75) is 57.5 Å². The van der Waals surface area contributed by atoms with Crippen molar-refractivity contribution in [3.63, 3.8) is 0 Å². The molecule has 1 aliphatic heterocycles. The molecule has 0 saturated carbocycles. The maximum absolute atomic E-state index is 12.2. The van der Waals surface area contributed by atoms with E-state index in [0.717, 1.165) is 6.42 Å². The Labute approximate surface area is 141 Å². The summed E-state index contributed by atoms with van der Waals surface area (Å²) >= 11 is 0. The molecule has 0 aromatic heterocycles. The van der Waals surface area contributed by atoms with Crippen molar-refractivity contribution in [3.8, 4) is 0 Å². The van der Waals surface area contributed by atoms with Crippen molar-refractivity contribution >= 4 is 14.4 Å². The molecule has 23 heavy (non-hydrogen) atoms. The first-order valence-corrected chi connectivity index (χ1v) is 11.0. The Morgan fingerprint density at radius 3 is 2.61 bits per heavy atom. The van der Waals surface area contributed by atoms with Crippen LogP contribution in [0.2, 0.25) is 18.1 Å². The van der Waals surface area contributed by atoms with Crippen LogP contribution in [0, 0.1) is 0 Å². The molecule has 0 bridgehead atoms. The number of carbonyl (C=O) groups is 1. The van der Waals surface area contributed by atoms with Crippen LogP contribution < -0.4 is 0 Å². The van der Waals surface area contributed by atoms with Gasteiger partial charge in [0, 0.05) is 6.54 Å². The molecule has 1 N–H and O–H groups in total. The average Bonchev–Trinajstić information content (AvgIpc) is 2.83. The zero-order valence-electron chi connectivity index (χ0n) is 15.0. The summed E-state index contributed by atoms with van der Waals surface area (Å²) in [6.45, 7) is 15.3. The number of aliphatic hydroxyl groups excluding tert-OH is 1. The smallest absolute Gasteiger partial charge is 0.410 e. The minimum absolute atomic E-state index is 0.000477. The first-order valence-electron chi connectivity index (χ1n) is 8.12. The molecule has 0 aliphatic carbocycles. The SMILES string of the molecule is C=CCOC(=O)N1C[C@H](O[Si](C)(C)C(C)(C)C)C[C@H]1/C=C\CO. The quantitative estimate of drug-likeness (QED) is 0.595. The van der Waals surface area contributed by atoms with E-state index in [1.165, 1.54) is 0 Å². The molecule has 2 atom stereocenters. The first kappa shape index (κ1) is 19.9. The molecule has 0 radical (unpaired) electrons. The van der Waals surface area contributed by atoms with E-state index in [4.69, 9.17) is 14.3 Å². The lowest BCUT2D eigenvalue weighted by atomic mass is 10.2. The number of likely N-dealkylation sites (tertiary alicyclic amines) is 1. The number of hydrogen-bond donors (Lipinski definition) is 1. The molecule has 1 heterocycles. The number of carbonyl (C=O) groups excluding carboxylic acids is 1. The van der Waals surface area contributed by atoms with E-state index in [9.17, 15) is 4.79 Å². The van der Waals surface area contributed by atoms with Crippen molar-refractivity contribution in [1.82, 2.24) is 4.90 Å². The molecule has 0 spiro atoms. The molecule has 1 fully saturated rings. The Hall–Kier alpha value is -1.11. The lowest BCUT2D eigenvalue weighted by Crippen LogP contribution is -2.44. The van der Waals surface area contributed by atoms with E-state index < -0.39 is 8.32 Å². The van der Waals surface area contributed by atoms with E-state index in [1.807, 2.05) is 6.08 Å². The van der Waals surface area contributed by atoms with Crippen LogP contribution in [0.15, 0.2) is 24.8 Å². The summed E-state index contributed by atoms with van der Waals surface area (Å²) in [6, 6.07) is -0.103. The molecule has 1 aliphatic rings. The van der Waals surface area contributed by atoms with Crippen LogP contribution in [0.4, 0.5) is 4.79 Å². The number of ether oxygens (including phenoxy) is 1. The lowest BCUT2D eigenvalue weighted by molar-refractivity contribution is 0.108. The average molecular weight is 342 g/mol. The third-order valence-electron chi connectivity index (χ3n) is 4.60. The molecule has 0 aromatic carbocycles. The Morgan fingerprint density at radius 1 is 1.43 bits per heavy atom. The van der Waals surface area contributed by atoms with E-state index in [1.54, 1.807) is 17.1 Å². The summed E-state index contributed by atoms with van der Waals surface area (Å²) in [5.41, 5.74) is 0. The fraction of sp³-hybridized carbons (Fsp3) is 0.706. The number of nitrogens with zero attached hydrogens (tertiary/aromatic N) is 1. The van der Waals surface area contributed by atoms with Gasteiger partial charge in [-0.15, -0.1) is 0 Å². The summed E-state index contributed by atoms with van der Waals surface area (Å²) in [5.74, 6) is 0. The lowest BCUT2D eigenvalue weighted by Gasteiger charge is -2.38. The van der Waals surface area contributed by atoms with Crippen molar-refractivity contribution in [1.29, 1.82) is 0 Å². The number of rotatable bonds is 6. The zero-order chi connectivity index (χ0) is 17.7. The van der Waals surface area contributed by atoms with Gasteiger partial charge >= 0.3 is 6.09 Å². The van der Waals surface area contributed by atoms with Gasteiger partial charge in [-0.05, 0) is 24.6 Å². The number of amides is 1. The fourth-order valence-corrected chi connectivity index (χ4v) is 3.69. The van der Waals surface area contributed by atoms with Gasteiger partial charge in [-0.2, -0.15) is 0 Å². The van der Waals surface area contributed by atoms with Gasteiger partial charge in [0.25, 0.3) is 0 Å². The summed E-state index contributed by atoms with van der Waals surface area (Å²) in [6.07, 6.45) is 5.43. The molecule has 132 valence electrons. The third kappa shape index (κ3) is 5.48. The normalized spacial score (nSPS) is 22.6. The van der Waals surface area contributed by atoms with Gasteiger partial charge in [-0.3, -0.25) is 4.90 Å². The monoisotopic (exact) mass is 341 g/mol. The maximum atomic E-state index is 12.2.